The molecule has 0 aliphatic carbocycles. The molecular formula is C34H23BrCl2F2N6O4. The van der Waals surface area contributed by atoms with E-state index in [0.717, 1.165) is 0 Å². The molecule has 0 bridgehead atoms. The summed E-state index contributed by atoms with van der Waals surface area (Å²) in [7, 11) is 0. The minimum atomic E-state index is -0.717. The van der Waals surface area contributed by atoms with Crippen LogP contribution in [0.2, 0.25) is 10.0 Å². The first kappa shape index (κ1) is 31.5. The van der Waals surface area contributed by atoms with Crippen molar-refractivity contribution in [1.82, 2.24) is 19.9 Å². The molecule has 6 aromatic rings. The fraction of sp³-hybridized carbons (Fsp3) is 0.176. The number of benzene rings is 4. The summed E-state index contributed by atoms with van der Waals surface area (Å²) in [5.74, 6) is 1.43. The van der Waals surface area contributed by atoms with E-state index in [1.54, 1.807) is 36.4 Å². The Bertz CT molecular complexity index is 2320. The van der Waals surface area contributed by atoms with E-state index in [9.17, 15) is 4.39 Å². The monoisotopic (exact) mass is 766 g/mol. The van der Waals surface area contributed by atoms with E-state index in [1.165, 1.54) is 24.8 Å². The summed E-state index contributed by atoms with van der Waals surface area (Å²) in [6, 6.07) is 13.2. The van der Waals surface area contributed by atoms with Crippen LogP contribution in [-0.4, -0.2) is 38.8 Å². The highest BCUT2D eigenvalue weighted by molar-refractivity contribution is 9.10. The maximum Gasteiger partial charge on any atom is 0.166 e. The van der Waals surface area contributed by atoms with Gasteiger partial charge in [0.2, 0.25) is 0 Å². The molecule has 1 unspecified atom stereocenters. The summed E-state index contributed by atoms with van der Waals surface area (Å²) in [5, 5.41) is 7.13. The van der Waals surface area contributed by atoms with Gasteiger partial charge in [-0.3, -0.25) is 0 Å². The predicted octanol–water partition coefficient (Wildman–Crippen LogP) is 9.47. The summed E-state index contributed by atoms with van der Waals surface area (Å²) in [6.07, 6.45) is 1.84. The Kier molecular flexibility index (Phi) is 7.92. The van der Waals surface area contributed by atoms with Gasteiger partial charge < -0.3 is 29.6 Å². The van der Waals surface area contributed by atoms with Crippen LogP contribution in [0, 0.1) is 11.6 Å². The zero-order valence-electron chi connectivity index (χ0n) is 25.5. The molecule has 4 aromatic carbocycles. The van der Waals surface area contributed by atoms with Gasteiger partial charge in [-0.2, -0.15) is 0 Å². The van der Waals surface area contributed by atoms with Gasteiger partial charge in [-0.15, -0.1) is 0 Å². The van der Waals surface area contributed by atoms with E-state index in [2.05, 4.69) is 46.5 Å². The summed E-state index contributed by atoms with van der Waals surface area (Å²) in [5.41, 5.74) is 1.99. The van der Waals surface area contributed by atoms with Gasteiger partial charge in [0.05, 0.1) is 36.9 Å². The fourth-order valence-corrected chi connectivity index (χ4v) is 6.38. The molecule has 0 spiro atoms. The van der Waals surface area contributed by atoms with Crippen molar-refractivity contribution < 1.29 is 27.7 Å². The average Bonchev–Trinajstić information content (AvgIpc) is 3.09. The van der Waals surface area contributed by atoms with Crippen molar-refractivity contribution >= 4 is 83.9 Å². The highest BCUT2D eigenvalue weighted by Gasteiger charge is 2.28. The molecule has 8 rings (SSSR count). The first-order valence-corrected chi connectivity index (χ1v) is 16.5. The third-order valence-electron chi connectivity index (χ3n) is 8.31. The van der Waals surface area contributed by atoms with E-state index in [1.807, 2.05) is 13.8 Å². The number of nitrogens with one attached hydrogen (secondary N) is 2. The Morgan fingerprint density at radius 1 is 0.714 bits per heavy atom. The number of hydrogen-bond acceptors (Lipinski definition) is 10. The van der Waals surface area contributed by atoms with Gasteiger partial charge in [0.1, 0.15) is 43.1 Å². The summed E-state index contributed by atoms with van der Waals surface area (Å²) >= 11 is 15.3. The zero-order chi connectivity index (χ0) is 34.0. The lowest BCUT2D eigenvalue weighted by atomic mass is 10.1. The molecule has 0 saturated heterocycles. The standard InChI is InChI=1S/C34H23BrCl2F2N6O4/c1-14-15(2)48-28-10-23-18(8-27(28)47-14)34(43-13-41-23)45-24-6-16(5-19(35)31(24)38)29-11-46-25-9-22-17(7-26(25)49-29)33(42-12-40-22)44-21-4-3-20(36)30(37)32(21)39/h3-10,12-15,29H,11H2,1-2H3,(H,40,42,44)(H,41,43,45)/t14-,15-,29?/m0/s1. The fourth-order valence-electron chi connectivity index (χ4n) is 5.59. The lowest BCUT2D eigenvalue weighted by Gasteiger charge is -2.30. The minimum Gasteiger partial charge on any atom is -0.485 e. The Morgan fingerprint density at radius 2 is 1.31 bits per heavy atom. The number of aromatic nitrogens is 4. The normalized spacial score (nSPS) is 18.1. The van der Waals surface area contributed by atoms with Crippen molar-refractivity contribution in [3.63, 3.8) is 0 Å². The van der Waals surface area contributed by atoms with Gasteiger partial charge in [0.15, 0.2) is 40.7 Å². The maximum atomic E-state index is 15.6. The number of hydrogen-bond donors (Lipinski definition) is 2. The van der Waals surface area contributed by atoms with Gasteiger partial charge in [-0.05, 0) is 71.7 Å². The van der Waals surface area contributed by atoms with Crippen LogP contribution < -0.4 is 29.6 Å². The van der Waals surface area contributed by atoms with Crippen LogP contribution in [0.1, 0.15) is 25.5 Å². The van der Waals surface area contributed by atoms with Crippen LogP contribution in [-0.2, 0) is 0 Å². The first-order chi connectivity index (χ1) is 23.6. The van der Waals surface area contributed by atoms with Crippen molar-refractivity contribution in [3.05, 3.63) is 92.9 Å². The molecule has 0 radical (unpaired) electrons. The van der Waals surface area contributed by atoms with Gasteiger partial charge >= 0.3 is 0 Å². The summed E-state index contributed by atoms with van der Waals surface area (Å²) in [6.45, 7) is 4.00. The van der Waals surface area contributed by atoms with Crippen molar-refractivity contribution in [2.24, 2.45) is 0 Å². The first-order valence-electron chi connectivity index (χ1n) is 15.0. The highest BCUT2D eigenvalue weighted by Crippen LogP contribution is 2.43. The van der Waals surface area contributed by atoms with Crippen LogP contribution >= 0.6 is 39.1 Å². The number of nitrogens with zero attached hydrogens (tertiary/aromatic N) is 4. The average molecular weight is 768 g/mol. The SMILES string of the molecule is C[C@@H]1Oc2cc3ncnc(Nc4cc(C5COc6cc7ncnc(Nc8ccc(Cl)c(Cl)c8F)c7cc6O5)cc(Br)c4F)c3cc2O[C@H]1C. The molecule has 15 heteroatoms. The molecule has 2 aromatic heterocycles. The molecule has 0 fully saturated rings. The number of ether oxygens (including phenoxy) is 4. The second kappa shape index (κ2) is 12.3. The molecule has 2 aliphatic heterocycles. The summed E-state index contributed by atoms with van der Waals surface area (Å²) < 4.78 is 55.1. The molecule has 4 heterocycles. The topological polar surface area (TPSA) is 113 Å². The number of anilines is 4. The van der Waals surface area contributed by atoms with E-state index >= 15 is 4.39 Å². The molecular weight excluding hydrogens is 745 g/mol. The third kappa shape index (κ3) is 5.75. The van der Waals surface area contributed by atoms with Gasteiger partial charge in [-0.1, -0.05) is 23.2 Å². The van der Waals surface area contributed by atoms with E-state index in [4.69, 9.17) is 42.1 Å². The highest BCUT2D eigenvalue weighted by atomic mass is 79.9. The molecule has 2 aliphatic rings. The minimum absolute atomic E-state index is 0.0831. The predicted molar refractivity (Wildman–Crippen MR) is 185 cm³/mol. The van der Waals surface area contributed by atoms with Crippen LogP contribution in [0.4, 0.5) is 31.8 Å². The second-order valence-electron chi connectivity index (χ2n) is 11.5. The van der Waals surface area contributed by atoms with Crippen LogP contribution in [0.15, 0.2) is 65.7 Å². The third-order valence-corrected chi connectivity index (χ3v) is 9.67. The molecule has 3 atom stereocenters. The molecule has 248 valence electrons. The number of fused-ring (bicyclic) bond motifs is 4. The lowest BCUT2D eigenvalue weighted by Crippen LogP contribution is -2.34. The second-order valence-corrected chi connectivity index (χ2v) is 13.1. The molecule has 0 amide bonds. The van der Waals surface area contributed by atoms with Crippen LogP contribution in [0.3, 0.4) is 0 Å². The Balaban J connectivity index is 1.10. The zero-order valence-corrected chi connectivity index (χ0v) is 28.6. The van der Waals surface area contributed by atoms with Crippen molar-refractivity contribution in [2.75, 3.05) is 17.2 Å². The number of halogens is 5. The quantitative estimate of drug-likeness (QED) is 0.165. The van der Waals surface area contributed by atoms with Gasteiger partial charge in [0, 0.05) is 22.9 Å². The molecule has 0 saturated carbocycles. The Morgan fingerprint density at radius 3 is 1.98 bits per heavy atom. The smallest absolute Gasteiger partial charge is 0.166 e. The number of rotatable bonds is 5. The molecule has 49 heavy (non-hydrogen) atoms. The van der Waals surface area contributed by atoms with Crippen molar-refractivity contribution in [1.29, 1.82) is 0 Å². The van der Waals surface area contributed by atoms with E-state index < -0.39 is 17.7 Å². The Labute approximate surface area is 295 Å². The van der Waals surface area contributed by atoms with Crippen LogP contribution in [0.5, 0.6) is 23.0 Å². The lowest BCUT2D eigenvalue weighted by molar-refractivity contribution is 0.0433. The van der Waals surface area contributed by atoms with E-state index in [0.29, 0.717) is 62.0 Å². The molecule has 10 nitrogen and oxygen atoms in total. The molecule has 2 N–H and O–H groups in total. The van der Waals surface area contributed by atoms with Gasteiger partial charge in [0.25, 0.3) is 0 Å². The largest absolute Gasteiger partial charge is 0.485 e. The van der Waals surface area contributed by atoms with Gasteiger partial charge in [-0.25, -0.2) is 28.7 Å². The maximum absolute atomic E-state index is 15.6. The van der Waals surface area contributed by atoms with Crippen LogP contribution in [0.25, 0.3) is 21.8 Å². The van der Waals surface area contributed by atoms with Crippen molar-refractivity contribution in [3.8, 4) is 23.0 Å². The Hall–Kier alpha value is -4.72. The summed E-state index contributed by atoms with van der Waals surface area (Å²) in [4.78, 5) is 17.4. The van der Waals surface area contributed by atoms with E-state index in [-0.39, 0.29) is 44.7 Å². The van der Waals surface area contributed by atoms with Crippen molar-refractivity contribution in [2.45, 2.75) is 32.2 Å².